The lowest BCUT2D eigenvalue weighted by Crippen LogP contribution is -2.58. The Morgan fingerprint density at radius 1 is 0.737 bits per heavy atom. The van der Waals surface area contributed by atoms with Gasteiger partial charge < -0.3 is 93.7 Å². The van der Waals surface area contributed by atoms with Crippen molar-refractivity contribution in [2.45, 2.75) is 102 Å². The largest absolute Gasteiger partial charge is 0.481 e. The van der Waals surface area contributed by atoms with Gasteiger partial charge in [-0.3, -0.25) is 24.2 Å². The molecule has 2 rings (SSSR count). The molecule has 0 radical (unpaired) electrons. The SMILES string of the molecule is NC(N)=NCCC[C@H](N)C(=O)NCC(=O)N[C@@H](CC(=O)O)C(=O)N[C@@H](CSCC(CS[C@@H]1O[C@H](CO)[C@H](O)[C@H](O)[C@H]1O)S[C@@H]1O[C@H](CO)[C@H](O)[C@H](O)[C@H]1O)C(=O)O. The first-order chi connectivity index (χ1) is 26.8. The second-order valence-corrected chi connectivity index (χ2v) is 16.5. The van der Waals surface area contributed by atoms with Crippen LogP contribution in [0.2, 0.25) is 0 Å². The molecular weight excluding hydrogens is 827 g/mol. The molecule has 0 spiro atoms. The summed E-state index contributed by atoms with van der Waals surface area (Å²) in [6, 6.07) is -4.46. The van der Waals surface area contributed by atoms with Crippen LogP contribution in [0.5, 0.6) is 0 Å². The van der Waals surface area contributed by atoms with E-state index >= 15 is 0 Å². The predicted molar refractivity (Wildman–Crippen MR) is 203 cm³/mol. The van der Waals surface area contributed by atoms with Crippen molar-refractivity contribution in [1.82, 2.24) is 16.0 Å². The maximum Gasteiger partial charge on any atom is 0.327 e. The van der Waals surface area contributed by atoms with Crippen molar-refractivity contribution in [3.63, 3.8) is 0 Å². The molecule has 2 aliphatic heterocycles. The predicted octanol–water partition coefficient (Wildman–Crippen LogP) is -7.82. The van der Waals surface area contributed by atoms with Crippen molar-refractivity contribution in [1.29, 1.82) is 0 Å². The molecule has 0 saturated carbocycles. The van der Waals surface area contributed by atoms with Crippen molar-refractivity contribution in [3.8, 4) is 0 Å². The fraction of sp³-hybridized carbons (Fsp3) is 0.800. The molecule has 3 amide bonds. The average molecular weight is 880 g/mol. The summed E-state index contributed by atoms with van der Waals surface area (Å²) in [6.07, 6.45) is -12.8. The third-order valence-electron chi connectivity index (χ3n) is 8.43. The van der Waals surface area contributed by atoms with Crippen molar-refractivity contribution in [3.05, 3.63) is 0 Å². The van der Waals surface area contributed by atoms with Gasteiger partial charge in [0.1, 0.15) is 71.8 Å². The molecule has 0 aromatic carbocycles. The number of aliphatic carboxylic acids is 2. The number of nitrogens with one attached hydrogen (secondary N) is 3. The van der Waals surface area contributed by atoms with E-state index in [4.69, 9.17) is 26.7 Å². The highest BCUT2D eigenvalue weighted by Gasteiger charge is 2.46. The number of amides is 3. The molecule has 19 N–H and O–H groups in total. The van der Waals surface area contributed by atoms with Gasteiger partial charge in [0.05, 0.1) is 32.2 Å². The lowest BCUT2D eigenvalue weighted by atomic mass is 10.0. The Kier molecular flexibility index (Phi) is 22.1. The molecule has 2 aliphatic rings. The maximum absolute atomic E-state index is 13.1. The number of hydrogen-bond donors (Lipinski definition) is 16. The summed E-state index contributed by atoms with van der Waals surface area (Å²) in [6.45, 7) is -1.89. The van der Waals surface area contributed by atoms with Gasteiger partial charge in [0.2, 0.25) is 17.7 Å². The van der Waals surface area contributed by atoms with E-state index in [-0.39, 0.29) is 36.2 Å². The maximum atomic E-state index is 13.1. The van der Waals surface area contributed by atoms with Gasteiger partial charge in [-0.1, -0.05) is 0 Å². The lowest BCUT2D eigenvalue weighted by Gasteiger charge is -2.41. The van der Waals surface area contributed by atoms with E-state index in [1.165, 1.54) is 0 Å². The number of carboxylic acid groups (broad SMARTS) is 2. The Labute approximate surface area is 338 Å². The topological polar surface area (TPSA) is 433 Å². The van der Waals surface area contributed by atoms with Crippen LogP contribution in [0.25, 0.3) is 0 Å². The quantitative estimate of drug-likeness (QED) is 0.0243. The number of carbonyl (C=O) groups is 5. The zero-order valence-corrected chi connectivity index (χ0v) is 32.8. The highest BCUT2D eigenvalue weighted by molar-refractivity contribution is 8.05. The van der Waals surface area contributed by atoms with E-state index in [2.05, 4.69) is 20.9 Å². The Morgan fingerprint density at radius 2 is 1.32 bits per heavy atom. The van der Waals surface area contributed by atoms with Crippen LogP contribution >= 0.6 is 35.3 Å². The second-order valence-electron chi connectivity index (χ2n) is 12.9. The number of ether oxygens (including phenoxy) is 2. The average Bonchev–Trinajstić information content (AvgIpc) is 3.16. The fourth-order valence-electron chi connectivity index (χ4n) is 5.25. The molecule has 0 aliphatic carbocycles. The summed E-state index contributed by atoms with van der Waals surface area (Å²) in [5.41, 5.74) is 13.8. The normalized spacial score (nSPS) is 29.6. The summed E-state index contributed by atoms with van der Waals surface area (Å²) >= 11 is 2.78. The molecule has 57 heavy (non-hydrogen) atoms. The number of nitrogens with two attached hydrogens (primary N) is 3. The summed E-state index contributed by atoms with van der Waals surface area (Å²) < 4.78 is 11.1. The molecule has 2 saturated heterocycles. The monoisotopic (exact) mass is 879 g/mol. The summed E-state index contributed by atoms with van der Waals surface area (Å²) in [4.78, 5) is 65.3. The van der Waals surface area contributed by atoms with Gasteiger partial charge in [-0.25, -0.2) is 4.79 Å². The van der Waals surface area contributed by atoms with Crippen LogP contribution in [0.4, 0.5) is 0 Å². The summed E-state index contributed by atoms with van der Waals surface area (Å²) in [5, 5.41) is 106. The van der Waals surface area contributed by atoms with Crippen LogP contribution in [0.1, 0.15) is 19.3 Å². The number of rotatable bonds is 24. The third-order valence-corrected chi connectivity index (χ3v) is 12.7. The van der Waals surface area contributed by atoms with Crippen LogP contribution in [-0.4, -0.2) is 213 Å². The first-order valence-corrected chi connectivity index (χ1v) is 20.5. The van der Waals surface area contributed by atoms with Crippen molar-refractivity contribution < 1.29 is 84.5 Å². The van der Waals surface area contributed by atoms with Crippen molar-refractivity contribution in [2.75, 3.05) is 43.6 Å². The molecule has 0 aromatic rings. The molecule has 14 atom stereocenters. The Hall–Kier alpha value is -2.77. The molecule has 2 fully saturated rings. The minimum atomic E-state index is -1.77. The summed E-state index contributed by atoms with van der Waals surface area (Å²) in [7, 11) is 0. The highest BCUT2D eigenvalue weighted by atomic mass is 32.2. The number of nitrogens with zero attached hydrogens (tertiary/aromatic N) is 1. The number of hydrogen-bond acceptors (Lipinski definition) is 20. The Balaban J connectivity index is 2.09. The first kappa shape index (κ1) is 50.4. The van der Waals surface area contributed by atoms with E-state index in [0.29, 0.717) is 6.42 Å². The fourth-order valence-corrected chi connectivity index (χ4v) is 9.54. The molecule has 2 heterocycles. The highest BCUT2D eigenvalue weighted by Crippen LogP contribution is 2.36. The molecule has 0 aromatic heterocycles. The first-order valence-electron chi connectivity index (χ1n) is 17.4. The van der Waals surface area contributed by atoms with Crippen LogP contribution in [-0.2, 0) is 33.4 Å². The number of aliphatic hydroxyl groups is 8. The van der Waals surface area contributed by atoms with Gasteiger partial charge in [-0.15, -0.1) is 23.5 Å². The molecule has 0 bridgehead atoms. The number of carboxylic acids is 2. The summed E-state index contributed by atoms with van der Waals surface area (Å²) in [5.74, 6) is -6.41. The van der Waals surface area contributed by atoms with Gasteiger partial charge in [-0.05, 0) is 12.8 Å². The van der Waals surface area contributed by atoms with Crippen LogP contribution in [0.3, 0.4) is 0 Å². The number of aliphatic imine (C=N–C) groups is 1. The molecule has 328 valence electrons. The van der Waals surface area contributed by atoms with E-state index < -0.39 is 139 Å². The standard InChI is InChI=1S/C30H53N7O17S3/c31-12(2-1-3-34-30(32)33)25(49)35-5-17(40)36-13(4-18(41)42)26(50)37-14(27(51)52)10-55-8-11(57-29-24(48)22(46)20(44)16(7-39)54-29)9-56-28-23(47)21(45)19(43)15(6-38)53-28/h11-16,19-24,28-29,38-39,43-48H,1-10,31H2,(H,35,49)(H,36,40)(H,37,50)(H,41,42)(H,51,52)(H4,32,33,34)/t11?,12-,13-,14-,15+,16+,19-,20-,21-,22-,23+,24+,28-,29-/m0/s1. The molecule has 1 unspecified atom stereocenters. The van der Waals surface area contributed by atoms with Crippen LogP contribution in [0.15, 0.2) is 4.99 Å². The molecular formula is C30H53N7O17S3. The van der Waals surface area contributed by atoms with Crippen molar-refractivity contribution >= 4 is 70.9 Å². The smallest absolute Gasteiger partial charge is 0.327 e. The zero-order chi connectivity index (χ0) is 43.0. The minimum Gasteiger partial charge on any atom is -0.481 e. The number of carbonyl (C=O) groups excluding carboxylic acids is 3. The zero-order valence-electron chi connectivity index (χ0n) is 30.4. The van der Waals surface area contributed by atoms with Gasteiger partial charge >= 0.3 is 11.9 Å². The van der Waals surface area contributed by atoms with E-state index in [0.717, 1.165) is 35.3 Å². The Bertz CT molecular complexity index is 1350. The Morgan fingerprint density at radius 3 is 1.86 bits per heavy atom. The van der Waals surface area contributed by atoms with E-state index in [9.17, 15) is 75.0 Å². The van der Waals surface area contributed by atoms with Gasteiger partial charge in [0.15, 0.2) is 5.96 Å². The van der Waals surface area contributed by atoms with Gasteiger partial charge in [0.25, 0.3) is 0 Å². The number of guanidine groups is 1. The molecule has 27 heteroatoms. The minimum absolute atomic E-state index is 0.00555. The third kappa shape index (κ3) is 16.4. The van der Waals surface area contributed by atoms with Crippen LogP contribution < -0.4 is 33.2 Å². The lowest BCUT2D eigenvalue weighted by molar-refractivity contribution is -0.205. The van der Waals surface area contributed by atoms with Crippen molar-refractivity contribution in [2.24, 2.45) is 22.2 Å². The van der Waals surface area contributed by atoms with E-state index in [1.54, 1.807) is 0 Å². The number of thioether (sulfide) groups is 3. The van der Waals surface area contributed by atoms with Crippen LogP contribution in [0, 0.1) is 0 Å². The van der Waals surface area contributed by atoms with E-state index in [1.807, 2.05) is 0 Å². The molecule has 24 nitrogen and oxygen atoms in total. The second kappa shape index (κ2) is 25.0. The van der Waals surface area contributed by atoms with Gasteiger partial charge in [0, 0.05) is 29.1 Å². The number of aliphatic hydroxyl groups excluding tert-OH is 8. The van der Waals surface area contributed by atoms with Gasteiger partial charge in [-0.2, -0.15) is 11.8 Å².